The molecule has 0 spiro atoms. The van der Waals surface area contributed by atoms with Crippen LogP contribution in [0.4, 0.5) is 8.78 Å². The molecule has 4 nitrogen and oxygen atoms in total. The number of amides is 1. The van der Waals surface area contributed by atoms with Gasteiger partial charge in [0, 0.05) is 31.7 Å². The second kappa shape index (κ2) is 8.36. The van der Waals surface area contributed by atoms with Crippen LogP contribution in [-0.2, 0) is 4.74 Å². The van der Waals surface area contributed by atoms with Gasteiger partial charge in [0.25, 0.3) is 5.91 Å². The van der Waals surface area contributed by atoms with Crippen LogP contribution in [-0.4, -0.2) is 49.7 Å². The molecule has 128 valence electrons. The van der Waals surface area contributed by atoms with Crippen LogP contribution in [0.5, 0.6) is 0 Å². The van der Waals surface area contributed by atoms with E-state index in [0.29, 0.717) is 25.7 Å². The molecule has 1 aromatic carbocycles. The molecule has 1 fully saturated rings. The van der Waals surface area contributed by atoms with Crippen LogP contribution in [0.3, 0.4) is 0 Å². The lowest BCUT2D eigenvalue weighted by Gasteiger charge is -2.35. The molecule has 23 heavy (non-hydrogen) atoms. The Labute approximate surface area is 135 Å². The maximum Gasteiger partial charge on any atom is 0.254 e. The molecule has 1 saturated heterocycles. The third-order valence-electron chi connectivity index (χ3n) is 3.98. The lowest BCUT2D eigenvalue weighted by Crippen LogP contribution is -2.49. The van der Waals surface area contributed by atoms with E-state index in [4.69, 9.17) is 4.74 Å². The highest BCUT2D eigenvalue weighted by Gasteiger charge is 2.23. The van der Waals surface area contributed by atoms with Crippen LogP contribution in [0.2, 0.25) is 0 Å². The third kappa shape index (κ3) is 5.25. The number of carbonyl (C=O) groups is 1. The molecule has 1 aliphatic rings. The predicted octanol–water partition coefficient (Wildman–Crippen LogP) is 2.44. The van der Waals surface area contributed by atoms with E-state index in [1.165, 1.54) is 6.07 Å². The normalized spacial score (nSPS) is 17.3. The van der Waals surface area contributed by atoms with Crippen molar-refractivity contribution in [1.82, 2.24) is 10.2 Å². The topological polar surface area (TPSA) is 41.6 Å². The number of nitrogens with zero attached hydrogens (tertiary/aromatic N) is 1. The SMILES string of the molecule is CC(C)CC(CNC(=O)c1ccc(F)cc1F)N1CCOCC1. The van der Waals surface area contributed by atoms with Crippen LogP contribution in [0.1, 0.15) is 30.6 Å². The summed E-state index contributed by atoms with van der Waals surface area (Å²) in [5, 5.41) is 2.78. The van der Waals surface area contributed by atoms with Gasteiger partial charge in [-0.25, -0.2) is 8.78 Å². The quantitative estimate of drug-likeness (QED) is 0.873. The Hall–Kier alpha value is -1.53. The fourth-order valence-corrected chi connectivity index (χ4v) is 2.83. The second-order valence-corrected chi connectivity index (χ2v) is 6.27. The molecule has 0 bridgehead atoms. The first-order valence-corrected chi connectivity index (χ1v) is 8.02. The molecule has 1 aliphatic heterocycles. The molecule has 0 aromatic heterocycles. The molecule has 2 rings (SSSR count). The smallest absolute Gasteiger partial charge is 0.254 e. The second-order valence-electron chi connectivity index (χ2n) is 6.27. The average Bonchev–Trinajstić information content (AvgIpc) is 2.51. The number of benzene rings is 1. The van der Waals surface area contributed by atoms with E-state index < -0.39 is 17.5 Å². The van der Waals surface area contributed by atoms with Gasteiger partial charge in [0.1, 0.15) is 11.6 Å². The average molecular weight is 326 g/mol. The summed E-state index contributed by atoms with van der Waals surface area (Å²) in [5.74, 6) is -1.55. The molecular weight excluding hydrogens is 302 g/mol. The minimum atomic E-state index is -0.839. The lowest BCUT2D eigenvalue weighted by molar-refractivity contribution is 0.0124. The number of carbonyl (C=O) groups excluding carboxylic acids is 1. The van der Waals surface area contributed by atoms with Gasteiger partial charge in [-0.1, -0.05) is 13.8 Å². The summed E-state index contributed by atoms with van der Waals surface area (Å²) in [6.07, 6.45) is 0.937. The number of ether oxygens (including phenoxy) is 1. The molecule has 1 N–H and O–H groups in total. The van der Waals surface area contributed by atoms with Crippen LogP contribution in [0.15, 0.2) is 18.2 Å². The van der Waals surface area contributed by atoms with Crippen molar-refractivity contribution in [3.63, 3.8) is 0 Å². The van der Waals surface area contributed by atoms with Crippen molar-refractivity contribution in [3.8, 4) is 0 Å². The molecule has 0 saturated carbocycles. The van der Waals surface area contributed by atoms with Gasteiger partial charge < -0.3 is 10.1 Å². The van der Waals surface area contributed by atoms with Crippen molar-refractivity contribution in [2.75, 3.05) is 32.8 Å². The summed E-state index contributed by atoms with van der Waals surface area (Å²) in [6, 6.07) is 3.17. The Morgan fingerprint density at radius 2 is 2.00 bits per heavy atom. The van der Waals surface area contributed by atoms with Crippen LogP contribution in [0.25, 0.3) is 0 Å². The molecular formula is C17H24F2N2O2. The summed E-state index contributed by atoms with van der Waals surface area (Å²) < 4.78 is 31.9. The fraction of sp³-hybridized carbons (Fsp3) is 0.588. The first-order chi connectivity index (χ1) is 11.0. The van der Waals surface area contributed by atoms with Gasteiger partial charge in [-0.3, -0.25) is 9.69 Å². The Morgan fingerprint density at radius 3 is 2.61 bits per heavy atom. The molecule has 1 heterocycles. The van der Waals surface area contributed by atoms with E-state index in [0.717, 1.165) is 31.6 Å². The number of nitrogens with one attached hydrogen (secondary N) is 1. The predicted molar refractivity (Wildman–Crippen MR) is 84.3 cm³/mol. The summed E-state index contributed by atoms with van der Waals surface area (Å²) >= 11 is 0. The van der Waals surface area contributed by atoms with Crippen LogP contribution < -0.4 is 5.32 Å². The first kappa shape index (κ1) is 17.8. The van der Waals surface area contributed by atoms with Gasteiger partial charge in [0.2, 0.25) is 0 Å². The number of hydrogen-bond donors (Lipinski definition) is 1. The van der Waals surface area contributed by atoms with Crippen molar-refractivity contribution in [3.05, 3.63) is 35.4 Å². The van der Waals surface area contributed by atoms with Crippen molar-refractivity contribution < 1.29 is 18.3 Å². The van der Waals surface area contributed by atoms with E-state index in [1.807, 2.05) is 0 Å². The van der Waals surface area contributed by atoms with Crippen molar-refractivity contribution in [1.29, 1.82) is 0 Å². The van der Waals surface area contributed by atoms with Crippen molar-refractivity contribution in [2.24, 2.45) is 5.92 Å². The highest BCUT2D eigenvalue weighted by molar-refractivity contribution is 5.94. The molecule has 1 unspecified atom stereocenters. The van der Waals surface area contributed by atoms with Gasteiger partial charge in [-0.2, -0.15) is 0 Å². The van der Waals surface area contributed by atoms with E-state index in [2.05, 4.69) is 24.1 Å². The summed E-state index contributed by atoms with van der Waals surface area (Å²) in [7, 11) is 0. The number of hydrogen-bond acceptors (Lipinski definition) is 3. The molecule has 1 atom stereocenters. The van der Waals surface area contributed by atoms with E-state index >= 15 is 0 Å². The van der Waals surface area contributed by atoms with Gasteiger partial charge in [-0.05, 0) is 24.5 Å². The first-order valence-electron chi connectivity index (χ1n) is 8.02. The third-order valence-corrected chi connectivity index (χ3v) is 3.98. The molecule has 6 heteroatoms. The maximum atomic E-state index is 13.7. The number of rotatable bonds is 6. The largest absolute Gasteiger partial charge is 0.379 e. The monoisotopic (exact) mass is 326 g/mol. The molecule has 0 aliphatic carbocycles. The molecule has 1 aromatic rings. The Morgan fingerprint density at radius 1 is 1.30 bits per heavy atom. The molecule has 1 amide bonds. The summed E-state index contributed by atoms with van der Waals surface area (Å²) in [4.78, 5) is 14.4. The highest BCUT2D eigenvalue weighted by Crippen LogP contribution is 2.14. The Balaban J connectivity index is 1.97. The Bertz CT molecular complexity index is 531. The summed E-state index contributed by atoms with van der Waals surface area (Å²) in [6.45, 7) is 7.75. The van der Waals surface area contributed by atoms with Gasteiger partial charge in [-0.15, -0.1) is 0 Å². The maximum absolute atomic E-state index is 13.7. The summed E-state index contributed by atoms with van der Waals surface area (Å²) in [5.41, 5.74) is -0.128. The number of morpholine rings is 1. The van der Waals surface area contributed by atoms with Crippen molar-refractivity contribution >= 4 is 5.91 Å². The highest BCUT2D eigenvalue weighted by atomic mass is 19.1. The minimum absolute atomic E-state index is 0.128. The van der Waals surface area contributed by atoms with Crippen LogP contribution >= 0.6 is 0 Å². The molecule has 0 radical (unpaired) electrons. The van der Waals surface area contributed by atoms with E-state index in [1.54, 1.807) is 0 Å². The van der Waals surface area contributed by atoms with E-state index in [9.17, 15) is 13.6 Å². The zero-order valence-electron chi connectivity index (χ0n) is 13.6. The van der Waals surface area contributed by atoms with Crippen LogP contribution in [0, 0.1) is 17.6 Å². The fourth-order valence-electron chi connectivity index (χ4n) is 2.83. The van der Waals surface area contributed by atoms with Gasteiger partial charge in [0.15, 0.2) is 0 Å². The minimum Gasteiger partial charge on any atom is -0.379 e. The van der Waals surface area contributed by atoms with Gasteiger partial charge >= 0.3 is 0 Å². The van der Waals surface area contributed by atoms with E-state index in [-0.39, 0.29) is 11.6 Å². The number of halogens is 2. The zero-order valence-corrected chi connectivity index (χ0v) is 13.6. The Kier molecular flexibility index (Phi) is 6.47. The standard InChI is InChI=1S/C17H24F2N2O2/c1-12(2)9-14(21-5-7-23-8-6-21)11-20-17(22)15-4-3-13(18)10-16(15)19/h3-4,10,12,14H,5-9,11H2,1-2H3,(H,20,22). The zero-order chi connectivity index (χ0) is 16.8. The van der Waals surface area contributed by atoms with Crippen molar-refractivity contribution in [2.45, 2.75) is 26.3 Å². The lowest BCUT2D eigenvalue weighted by atomic mass is 10.0. The van der Waals surface area contributed by atoms with Gasteiger partial charge in [0.05, 0.1) is 18.8 Å².